The fourth-order valence-corrected chi connectivity index (χ4v) is 2.06. The Morgan fingerprint density at radius 1 is 1.35 bits per heavy atom. The Labute approximate surface area is 134 Å². The number of nitrogens with one attached hydrogen (secondary N) is 1. The average molecular weight is 316 g/mol. The summed E-state index contributed by atoms with van der Waals surface area (Å²) in [5.41, 5.74) is 1.80. The number of hydrogen-bond donors (Lipinski definition) is 2. The molecule has 2 aromatic rings. The van der Waals surface area contributed by atoms with Gasteiger partial charge in [-0.05, 0) is 12.1 Å². The maximum absolute atomic E-state index is 11.9. The molecule has 122 valence electrons. The quantitative estimate of drug-likeness (QED) is 0.849. The van der Waals surface area contributed by atoms with E-state index in [0.717, 1.165) is 11.3 Å². The van der Waals surface area contributed by atoms with Gasteiger partial charge < -0.3 is 15.3 Å². The molecular weight excluding hydrogens is 296 g/mol. The molecule has 23 heavy (non-hydrogen) atoms. The van der Waals surface area contributed by atoms with Crippen LogP contribution in [0.1, 0.15) is 12.5 Å². The Balaban J connectivity index is 1.87. The van der Waals surface area contributed by atoms with Crippen molar-refractivity contribution >= 4 is 12.0 Å². The third-order valence-corrected chi connectivity index (χ3v) is 3.42. The molecule has 7 heteroatoms. The van der Waals surface area contributed by atoms with Crippen LogP contribution in [0.2, 0.25) is 0 Å². The predicted molar refractivity (Wildman–Crippen MR) is 85.2 cm³/mol. The van der Waals surface area contributed by atoms with Gasteiger partial charge in [0, 0.05) is 31.9 Å². The molecular formula is C16H20N4O3. The lowest BCUT2D eigenvalue weighted by molar-refractivity contribution is -0.141. The number of rotatable bonds is 6. The number of aliphatic carboxylic acids is 1. The van der Waals surface area contributed by atoms with Crippen LogP contribution in [-0.2, 0) is 11.3 Å². The lowest BCUT2D eigenvalue weighted by Gasteiger charge is -2.19. The van der Waals surface area contributed by atoms with Gasteiger partial charge in [-0.1, -0.05) is 25.1 Å². The molecule has 1 aromatic carbocycles. The van der Waals surface area contributed by atoms with E-state index < -0.39 is 11.9 Å². The minimum absolute atomic E-state index is 0.157. The van der Waals surface area contributed by atoms with E-state index in [9.17, 15) is 9.59 Å². The Kier molecular flexibility index (Phi) is 5.35. The van der Waals surface area contributed by atoms with E-state index in [1.54, 1.807) is 24.9 Å². The summed E-state index contributed by atoms with van der Waals surface area (Å²) in [5.74, 6) is -1.53. The third-order valence-electron chi connectivity index (χ3n) is 3.42. The van der Waals surface area contributed by atoms with Gasteiger partial charge in [-0.3, -0.25) is 4.79 Å². The van der Waals surface area contributed by atoms with Crippen molar-refractivity contribution in [3.63, 3.8) is 0 Å². The second kappa shape index (κ2) is 7.44. The van der Waals surface area contributed by atoms with Gasteiger partial charge in [0.2, 0.25) is 0 Å². The number of hydrogen-bond acceptors (Lipinski definition) is 3. The van der Waals surface area contributed by atoms with Crippen molar-refractivity contribution in [2.24, 2.45) is 5.92 Å². The van der Waals surface area contributed by atoms with Crippen LogP contribution in [0.25, 0.3) is 5.69 Å². The number of benzene rings is 1. The summed E-state index contributed by atoms with van der Waals surface area (Å²) in [7, 11) is 1.57. The van der Waals surface area contributed by atoms with Gasteiger partial charge in [0.1, 0.15) is 0 Å². The summed E-state index contributed by atoms with van der Waals surface area (Å²) in [6.45, 7) is 2.05. The molecule has 0 radical (unpaired) electrons. The molecule has 0 bridgehead atoms. The van der Waals surface area contributed by atoms with Gasteiger partial charge in [-0.25, -0.2) is 9.48 Å². The van der Waals surface area contributed by atoms with Gasteiger partial charge in [0.05, 0.1) is 17.8 Å². The molecule has 2 N–H and O–H groups in total. The molecule has 7 nitrogen and oxygen atoms in total. The molecule has 0 saturated heterocycles. The van der Waals surface area contributed by atoms with Crippen LogP contribution in [0, 0.1) is 5.92 Å². The van der Waals surface area contributed by atoms with Gasteiger partial charge in [0.25, 0.3) is 0 Å². The highest BCUT2D eigenvalue weighted by Gasteiger charge is 2.17. The molecule has 1 atom stereocenters. The van der Waals surface area contributed by atoms with E-state index in [0.29, 0.717) is 6.54 Å². The average Bonchev–Trinajstić information content (AvgIpc) is 3.02. The molecule has 0 fully saturated rings. The number of carbonyl (C=O) groups excluding carboxylic acids is 1. The Hall–Kier alpha value is -2.83. The van der Waals surface area contributed by atoms with Gasteiger partial charge in [-0.15, -0.1) is 0 Å². The summed E-state index contributed by atoms with van der Waals surface area (Å²) in [5, 5.41) is 15.9. The molecule has 0 aliphatic heterocycles. The zero-order valence-electron chi connectivity index (χ0n) is 13.1. The van der Waals surface area contributed by atoms with Gasteiger partial charge in [0.15, 0.2) is 0 Å². The van der Waals surface area contributed by atoms with E-state index in [1.807, 2.05) is 36.5 Å². The summed E-state index contributed by atoms with van der Waals surface area (Å²) in [6, 6.07) is 9.36. The van der Waals surface area contributed by atoms with Gasteiger partial charge in [-0.2, -0.15) is 5.10 Å². The normalized spacial score (nSPS) is 11.7. The van der Waals surface area contributed by atoms with Crippen molar-refractivity contribution in [1.29, 1.82) is 0 Å². The first-order valence-corrected chi connectivity index (χ1v) is 7.28. The Morgan fingerprint density at radius 2 is 2.04 bits per heavy atom. The number of aromatic nitrogens is 2. The van der Waals surface area contributed by atoms with E-state index >= 15 is 0 Å². The molecule has 2 rings (SSSR count). The molecule has 1 aromatic heterocycles. The Morgan fingerprint density at radius 3 is 2.70 bits per heavy atom. The molecule has 0 saturated carbocycles. The molecule has 0 aliphatic rings. The maximum Gasteiger partial charge on any atom is 0.317 e. The van der Waals surface area contributed by atoms with Crippen LogP contribution in [-0.4, -0.2) is 45.4 Å². The molecule has 0 spiro atoms. The first kappa shape index (κ1) is 16.5. The summed E-state index contributed by atoms with van der Waals surface area (Å²) < 4.78 is 1.73. The fourth-order valence-electron chi connectivity index (χ4n) is 2.06. The monoisotopic (exact) mass is 316 g/mol. The van der Waals surface area contributed by atoms with Crippen LogP contribution in [0.5, 0.6) is 0 Å². The summed E-state index contributed by atoms with van der Waals surface area (Å²) >= 11 is 0. The second-order valence-corrected chi connectivity index (χ2v) is 5.41. The van der Waals surface area contributed by atoms with Crippen molar-refractivity contribution in [3.05, 3.63) is 48.3 Å². The molecule has 2 amide bonds. The smallest absolute Gasteiger partial charge is 0.317 e. The largest absolute Gasteiger partial charge is 0.481 e. The molecule has 0 aliphatic carbocycles. The minimum atomic E-state index is -0.922. The number of amides is 2. The lowest BCUT2D eigenvalue weighted by atomic mass is 10.2. The number of para-hydroxylation sites is 1. The van der Waals surface area contributed by atoms with Gasteiger partial charge >= 0.3 is 12.0 Å². The first-order valence-electron chi connectivity index (χ1n) is 7.28. The van der Waals surface area contributed by atoms with Crippen LogP contribution < -0.4 is 5.32 Å². The SMILES string of the molecule is CC(CN(C)C(=O)NCc1cnn(-c2ccccc2)c1)C(=O)O. The van der Waals surface area contributed by atoms with Crippen molar-refractivity contribution in [2.75, 3.05) is 13.6 Å². The van der Waals surface area contributed by atoms with Crippen LogP contribution in [0.4, 0.5) is 4.79 Å². The van der Waals surface area contributed by atoms with Crippen LogP contribution >= 0.6 is 0 Å². The summed E-state index contributed by atoms with van der Waals surface area (Å²) in [6.07, 6.45) is 3.53. The fraction of sp³-hybridized carbons (Fsp3) is 0.312. The van der Waals surface area contributed by atoms with E-state index in [2.05, 4.69) is 10.4 Å². The number of urea groups is 1. The zero-order valence-corrected chi connectivity index (χ0v) is 13.1. The minimum Gasteiger partial charge on any atom is -0.481 e. The van der Waals surface area contributed by atoms with Crippen molar-refractivity contribution in [2.45, 2.75) is 13.5 Å². The van der Waals surface area contributed by atoms with Crippen molar-refractivity contribution in [3.8, 4) is 5.69 Å². The van der Waals surface area contributed by atoms with Crippen molar-refractivity contribution in [1.82, 2.24) is 20.0 Å². The topological polar surface area (TPSA) is 87.5 Å². The van der Waals surface area contributed by atoms with E-state index in [1.165, 1.54) is 4.90 Å². The number of carbonyl (C=O) groups is 2. The van der Waals surface area contributed by atoms with E-state index in [4.69, 9.17) is 5.11 Å². The van der Waals surface area contributed by atoms with Crippen molar-refractivity contribution < 1.29 is 14.7 Å². The standard InChI is InChI=1S/C16H20N4O3/c1-12(15(21)22)10-19(2)16(23)17-8-13-9-18-20(11-13)14-6-4-3-5-7-14/h3-7,9,11-12H,8,10H2,1-2H3,(H,17,23)(H,21,22). The van der Waals surface area contributed by atoms with E-state index in [-0.39, 0.29) is 12.6 Å². The predicted octanol–water partition coefficient (Wildman–Crippen LogP) is 1.73. The Bertz CT molecular complexity index is 669. The highest BCUT2D eigenvalue weighted by Crippen LogP contribution is 2.07. The van der Waals surface area contributed by atoms with Crippen LogP contribution in [0.3, 0.4) is 0 Å². The molecule has 1 unspecified atom stereocenters. The second-order valence-electron chi connectivity index (χ2n) is 5.41. The number of carboxylic acids is 1. The third kappa shape index (κ3) is 4.57. The maximum atomic E-state index is 11.9. The number of nitrogens with zero attached hydrogens (tertiary/aromatic N) is 3. The number of carboxylic acid groups (broad SMARTS) is 1. The van der Waals surface area contributed by atoms with Crippen LogP contribution in [0.15, 0.2) is 42.7 Å². The highest BCUT2D eigenvalue weighted by molar-refractivity contribution is 5.75. The zero-order chi connectivity index (χ0) is 16.8. The lowest BCUT2D eigenvalue weighted by Crippen LogP contribution is -2.40. The molecule has 1 heterocycles. The summed E-state index contributed by atoms with van der Waals surface area (Å²) in [4.78, 5) is 24.1. The highest BCUT2D eigenvalue weighted by atomic mass is 16.4. The first-order chi connectivity index (χ1) is 11.0.